The first-order valence-electron chi connectivity index (χ1n) is 7.82. The highest BCUT2D eigenvalue weighted by Crippen LogP contribution is 2.43. The summed E-state index contributed by atoms with van der Waals surface area (Å²) in [4.78, 5) is 2.37. The number of hydrogen-bond donors (Lipinski definition) is 1. The largest absolute Gasteiger partial charge is 0.496 e. The molecule has 1 aliphatic heterocycles. The van der Waals surface area contributed by atoms with Gasteiger partial charge in [-0.25, -0.2) is 4.39 Å². The van der Waals surface area contributed by atoms with Crippen LogP contribution in [0.4, 0.5) is 4.39 Å². The van der Waals surface area contributed by atoms with Gasteiger partial charge in [-0.2, -0.15) is 0 Å². The van der Waals surface area contributed by atoms with Crippen LogP contribution >= 0.6 is 0 Å². The zero-order valence-electron chi connectivity index (χ0n) is 12.5. The molecular formula is C17H23FNO2. The van der Waals surface area contributed by atoms with E-state index in [1.165, 1.54) is 12.1 Å². The molecule has 0 amide bonds. The van der Waals surface area contributed by atoms with Crippen LogP contribution in [0.25, 0.3) is 0 Å². The van der Waals surface area contributed by atoms with Gasteiger partial charge in [0.15, 0.2) is 0 Å². The summed E-state index contributed by atoms with van der Waals surface area (Å²) < 4.78 is 19.1. The zero-order chi connectivity index (χ0) is 14.8. The van der Waals surface area contributed by atoms with Gasteiger partial charge >= 0.3 is 0 Å². The van der Waals surface area contributed by atoms with Crippen LogP contribution in [0.15, 0.2) is 18.2 Å². The van der Waals surface area contributed by atoms with Crippen LogP contribution in [0.5, 0.6) is 5.75 Å². The second kappa shape index (κ2) is 6.32. The predicted molar refractivity (Wildman–Crippen MR) is 79.4 cm³/mol. The number of aliphatic hydroxyl groups is 1. The smallest absolute Gasteiger partial charge is 0.123 e. The number of halogens is 1. The molecule has 1 aromatic carbocycles. The summed E-state index contributed by atoms with van der Waals surface area (Å²) in [6.45, 7) is 0.992. The molecule has 1 saturated carbocycles. The molecule has 1 aliphatic carbocycles. The lowest BCUT2D eigenvalue weighted by Gasteiger charge is -2.37. The summed E-state index contributed by atoms with van der Waals surface area (Å²) in [5.74, 6) is 0.539. The molecule has 2 atom stereocenters. The molecule has 3 nitrogen and oxygen atoms in total. The molecule has 0 spiro atoms. The van der Waals surface area contributed by atoms with Crippen molar-refractivity contribution in [2.45, 2.75) is 50.7 Å². The highest BCUT2D eigenvalue weighted by molar-refractivity contribution is 5.37. The van der Waals surface area contributed by atoms with Gasteiger partial charge in [-0.1, -0.05) is 0 Å². The van der Waals surface area contributed by atoms with Crippen molar-refractivity contribution in [2.24, 2.45) is 0 Å². The van der Waals surface area contributed by atoms with Crippen LogP contribution in [-0.2, 0) is 0 Å². The van der Waals surface area contributed by atoms with Gasteiger partial charge < -0.3 is 9.84 Å². The molecule has 21 heavy (non-hydrogen) atoms. The van der Waals surface area contributed by atoms with Crippen molar-refractivity contribution in [3.8, 4) is 5.75 Å². The molecule has 3 rings (SSSR count). The van der Waals surface area contributed by atoms with Crippen molar-refractivity contribution < 1.29 is 14.2 Å². The molecular weight excluding hydrogens is 269 g/mol. The van der Waals surface area contributed by atoms with E-state index < -0.39 is 0 Å². The average Bonchev–Trinajstić information content (AvgIpc) is 2.96. The Morgan fingerprint density at radius 2 is 2.14 bits per heavy atom. The first-order chi connectivity index (χ1) is 10.2. The monoisotopic (exact) mass is 292 g/mol. The molecule has 0 aromatic heterocycles. The second-order valence-electron chi connectivity index (χ2n) is 6.05. The van der Waals surface area contributed by atoms with Gasteiger partial charge in [0.25, 0.3) is 0 Å². The lowest BCUT2D eigenvalue weighted by atomic mass is 9.90. The predicted octanol–water partition coefficient (Wildman–Crippen LogP) is 3.44. The maximum Gasteiger partial charge on any atom is 0.123 e. The number of ether oxygens (including phenoxy) is 1. The fourth-order valence-corrected chi connectivity index (χ4v) is 3.71. The van der Waals surface area contributed by atoms with E-state index in [9.17, 15) is 9.50 Å². The Kier molecular flexibility index (Phi) is 4.45. The molecule has 2 fully saturated rings. The summed E-state index contributed by atoms with van der Waals surface area (Å²) in [5.41, 5.74) is 0.933. The van der Waals surface area contributed by atoms with Crippen molar-refractivity contribution >= 4 is 0 Å². The van der Waals surface area contributed by atoms with Crippen LogP contribution < -0.4 is 4.74 Å². The van der Waals surface area contributed by atoms with Gasteiger partial charge in [0.1, 0.15) is 11.6 Å². The van der Waals surface area contributed by atoms with E-state index in [0.717, 1.165) is 56.4 Å². The zero-order valence-corrected chi connectivity index (χ0v) is 12.5. The van der Waals surface area contributed by atoms with Crippen molar-refractivity contribution in [3.63, 3.8) is 0 Å². The van der Waals surface area contributed by atoms with Crippen LogP contribution in [0.2, 0.25) is 0 Å². The van der Waals surface area contributed by atoms with Crippen molar-refractivity contribution in [1.29, 1.82) is 0 Å². The van der Waals surface area contributed by atoms with Crippen LogP contribution in [0.1, 0.15) is 50.1 Å². The first kappa shape index (κ1) is 14.8. The van der Waals surface area contributed by atoms with Crippen molar-refractivity contribution in [2.75, 3.05) is 13.7 Å². The van der Waals surface area contributed by atoms with Crippen LogP contribution in [0.3, 0.4) is 0 Å². The van der Waals surface area contributed by atoms with Gasteiger partial charge in [-0.05, 0) is 63.3 Å². The van der Waals surface area contributed by atoms with E-state index in [0.29, 0.717) is 0 Å². The van der Waals surface area contributed by atoms with Crippen LogP contribution in [0, 0.1) is 11.9 Å². The third-order valence-electron chi connectivity index (χ3n) is 4.68. The molecule has 0 bridgehead atoms. The Balaban J connectivity index is 1.85. The topological polar surface area (TPSA) is 32.7 Å². The third-order valence-corrected chi connectivity index (χ3v) is 4.68. The Labute approximate surface area is 125 Å². The van der Waals surface area contributed by atoms with Gasteiger partial charge in [0.05, 0.1) is 13.2 Å². The molecule has 4 heteroatoms. The average molecular weight is 292 g/mol. The maximum atomic E-state index is 13.6. The van der Waals surface area contributed by atoms with E-state index in [2.05, 4.69) is 4.90 Å². The van der Waals surface area contributed by atoms with Gasteiger partial charge in [0, 0.05) is 17.6 Å². The number of likely N-dealkylation sites (tertiary alicyclic amines) is 1. The summed E-state index contributed by atoms with van der Waals surface area (Å²) >= 11 is 0. The molecule has 1 saturated heterocycles. The summed E-state index contributed by atoms with van der Waals surface area (Å²) in [6, 6.07) is 6.25. The van der Waals surface area contributed by atoms with Gasteiger partial charge in [-0.3, -0.25) is 4.90 Å². The fourth-order valence-electron chi connectivity index (χ4n) is 3.71. The van der Waals surface area contributed by atoms with Gasteiger partial charge in [-0.15, -0.1) is 0 Å². The molecule has 1 radical (unpaired) electrons. The Hall–Kier alpha value is -1.13. The highest BCUT2D eigenvalue weighted by Gasteiger charge is 2.36. The van der Waals surface area contributed by atoms with E-state index in [1.807, 2.05) is 0 Å². The maximum absolute atomic E-state index is 13.6. The number of methoxy groups -OCH3 is 1. The molecule has 1 heterocycles. The Morgan fingerprint density at radius 3 is 2.90 bits per heavy atom. The number of nitrogens with zero attached hydrogens (tertiary/aromatic N) is 1. The molecule has 1 unspecified atom stereocenters. The minimum atomic E-state index is -0.218. The molecule has 1 N–H and O–H groups in total. The number of hydrogen-bond acceptors (Lipinski definition) is 3. The Morgan fingerprint density at radius 1 is 1.29 bits per heavy atom. The number of rotatable bonds is 3. The lowest BCUT2D eigenvalue weighted by Crippen LogP contribution is -2.33. The van der Waals surface area contributed by atoms with Crippen molar-refractivity contribution in [3.05, 3.63) is 35.6 Å². The number of benzene rings is 1. The Bertz CT molecular complexity index is 494. The summed E-state index contributed by atoms with van der Waals surface area (Å²) in [6.07, 6.45) is 5.64. The highest BCUT2D eigenvalue weighted by atomic mass is 19.1. The lowest BCUT2D eigenvalue weighted by molar-refractivity contribution is 0.101. The fraction of sp³-hybridized carbons (Fsp3) is 0.588. The van der Waals surface area contributed by atoms with E-state index in [4.69, 9.17) is 4.74 Å². The van der Waals surface area contributed by atoms with E-state index in [1.54, 1.807) is 19.2 Å². The van der Waals surface area contributed by atoms with E-state index in [-0.39, 0.29) is 18.0 Å². The number of aliphatic hydroxyl groups excluding tert-OH is 1. The second-order valence-corrected chi connectivity index (χ2v) is 6.05. The van der Waals surface area contributed by atoms with Crippen molar-refractivity contribution in [1.82, 2.24) is 4.90 Å². The summed E-state index contributed by atoms with van der Waals surface area (Å²) in [5, 5.41) is 9.91. The van der Waals surface area contributed by atoms with Crippen LogP contribution in [-0.4, -0.2) is 29.8 Å². The third kappa shape index (κ3) is 3.06. The standard InChI is InChI=1S/C17H23FNO2/c1-21-17-8-7-12(18)10-15(17)16-6-3-9-19(16)13-4-2-5-14(20)11-13/h7-8,10,14,16,20H,2-6,9,11H2,1H3/t14?,16-/m1/s1. The van der Waals surface area contributed by atoms with Gasteiger partial charge in [0.2, 0.25) is 0 Å². The minimum absolute atomic E-state index is 0.177. The quantitative estimate of drug-likeness (QED) is 0.926. The molecule has 2 aliphatic rings. The van der Waals surface area contributed by atoms with E-state index >= 15 is 0 Å². The summed E-state index contributed by atoms with van der Waals surface area (Å²) in [7, 11) is 1.63. The first-order valence-corrected chi connectivity index (χ1v) is 7.82. The molecule has 1 aromatic rings. The molecule has 115 valence electrons. The minimum Gasteiger partial charge on any atom is -0.496 e. The normalized spacial score (nSPS) is 28.0. The SMILES string of the molecule is COc1ccc(F)cc1[C@H]1CCCN1[C]1CCCC(O)C1.